The van der Waals surface area contributed by atoms with Crippen LogP contribution in [0.5, 0.6) is 5.75 Å². The number of para-hydroxylation sites is 1. The molecule has 1 amide bonds. The summed E-state index contributed by atoms with van der Waals surface area (Å²) < 4.78 is 10.7. The van der Waals surface area contributed by atoms with E-state index >= 15 is 0 Å². The zero-order valence-corrected chi connectivity index (χ0v) is 19.2. The maximum Gasteiger partial charge on any atom is 0.513 e. The van der Waals surface area contributed by atoms with Crippen molar-refractivity contribution in [2.24, 2.45) is 0 Å². The predicted octanol–water partition coefficient (Wildman–Crippen LogP) is 6.32. The van der Waals surface area contributed by atoms with E-state index < -0.39 is 6.16 Å². The van der Waals surface area contributed by atoms with Crippen LogP contribution in [-0.2, 0) is 4.74 Å². The van der Waals surface area contributed by atoms with Crippen LogP contribution in [0.1, 0.15) is 42.2 Å². The van der Waals surface area contributed by atoms with Crippen molar-refractivity contribution in [3.63, 3.8) is 0 Å². The standard InChI is InChI=1S/C28H26N2O4/c1-3-22(19-13-7-5-8-14-19)30-27(31)24-21-17-11-12-18-23(21)29-25(20-15-9-6-10-16-20)26(24)34-28(32)33-4-2/h5-18,22H,3-4H2,1-2H3,(H,30,31). The lowest BCUT2D eigenvalue weighted by atomic mass is 10.00. The smallest absolute Gasteiger partial charge is 0.434 e. The van der Waals surface area contributed by atoms with Crippen LogP contribution in [0, 0.1) is 0 Å². The highest BCUT2D eigenvalue weighted by Crippen LogP contribution is 2.37. The molecule has 3 aromatic carbocycles. The minimum atomic E-state index is -0.888. The first-order valence-corrected chi connectivity index (χ1v) is 11.3. The van der Waals surface area contributed by atoms with Crippen molar-refractivity contribution in [1.82, 2.24) is 10.3 Å². The Labute approximate surface area is 198 Å². The molecule has 1 unspecified atom stereocenters. The summed E-state index contributed by atoms with van der Waals surface area (Å²) in [6.45, 7) is 3.85. The summed E-state index contributed by atoms with van der Waals surface area (Å²) in [5.41, 5.74) is 2.97. The maximum absolute atomic E-state index is 13.8. The largest absolute Gasteiger partial charge is 0.513 e. The number of carbonyl (C=O) groups is 2. The molecule has 0 aliphatic carbocycles. The van der Waals surface area contributed by atoms with Gasteiger partial charge in [-0.2, -0.15) is 0 Å². The third kappa shape index (κ3) is 4.91. The minimum Gasteiger partial charge on any atom is -0.434 e. The van der Waals surface area contributed by atoms with Crippen molar-refractivity contribution in [1.29, 1.82) is 0 Å². The van der Waals surface area contributed by atoms with Crippen LogP contribution in [0.15, 0.2) is 84.9 Å². The van der Waals surface area contributed by atoms with Crippen molar-refractivity contribution >= 4 is 23.0 Å². The average molecular weight is 455 g/mol. The Balaban J connectivity index is 1.89. The van der Waals surface area contributed by atoms with Gasteiger partial charge in [-0.05, 0) is 25.0 Å². The number of benzene rings is 3. The highest BCUT2D eigenvalue weighted by molar-refractivity contribution is 6.11. The molecular formula is C28H26N2O4. The Bertz CT molecular complexity index is 1290. The molecule has 1 heterocycles. The van der Waals surface area contributed by atoms with E-state index in [-0.39, 0.29) is 29.9 Å². The first kappa shape index (κ1) is 23.0. The first-order chi connectivity index (χ1) is 16.6. The molecule has 0 fully saturated rings. The molecule has 0 saturated heterocycles. The van der Waals surface area contributed by atoms with E-state index in [2.05, 4.69) is 5.32 Å². The zero-order chi connectivity index (χ0) is 23.9. The molecule has 6 nitrogen and oxygen atoms in total. The normalized spacial score (nSPS) is 11.6. The van der Waals surface area contributed by atoms with Gasteiger partial charge in [-0.1, -0.05) is 85.8 Å². The Morgan fingerprint density at radius 2 is 1.53 bits per heavy atom. The van der Waals surface area contributed by atoms with Crippen LogP contribution >= 0.6 is 0 Å². The zero-order valence-electron chi connectivity index (χ0n) is 19.2. The monoisotopic (exact) mass is 454 g/mol. The number of hydrogen-bond donors (Lipinski definition) is 1. The van der Waals surface area contributed by atoms with Crippen LogP contribution < -0.4 is 10.1 Å². The molecule has 4 aromatic rings. The highest BCUT2D eigenvalue weighted by Gasteiger charge is 2.27. The lowest BCUT2D eigenvalue weighted by Crippen LogP contribution is -2.29. The van der Waals surface area contributed by atoms with Crippen molar-refractivity contribution < 1.29 is 19.1 Å². The molecule has 0 radical (unpaired) electrons. The number of nitrogens with zero attached hydrogens (tertiary/aromatic N) is 1. The summed E-state index contributed by atoms with van der Waals surface area (Å²) in [4.78, 5) is 30.9. The Morgan fingerprint density at radius 3 is 2.21 bits per heavy atom. The summed E-state index contributed by atoms with van der Waals surface area (Å²) in [6.07, 6.45) is -0.195. The molecule has 0 aliphatic heterocycles. The summed E-state index contributed by atoms with van der Waals surface area (Å²) in [5.74, 6) is -0.283. The first-order valence-electron chi connectivity index (χ1n) is 11.3. The molecule has 1 aromatic heterocycles. The van der Waals surface area contributed by atoms with Gasteiger partial charge in [-0.3, -0.25) is 4.79 Å². The van der Waals surface area contributed by atoms with Gasteiger partial charge in [0, 0.05) is 10.9 Å². The molecule has 6 heteroatoms. The number of nitrogens with one attached hydrogen (secondary N) is 1. The summed E-state index contributed by atoms with van der Waals surface area (Å²) in [7, 11) is 0. The molecule has 0 aliphatic rings. The predicted molar refractivity (Wildman–Crippen MR) is 132 cm³/mol. The molecule has 0 spiro atoms. The van der Waals surface area contributed by atoms with Gasteiger partial charge < -0.3 is 14.8 Å². The fraction of sp³-hybridized carbons (Fsp3) is 0.179. The van der Waals surface area contributed by atoms with Gasteiger partial charge in [0.2, 0.25) is 0 Å². The maximum atomic E-state index is 13.8. The van der Waals surface area contributed by atoms with Crippen LogP contribution in [0.3, 0.4) is 0 Å². The number of amides is 1. The van der Waals surface area contributed by atoms with Gasteiger partial charge in [-0.15, -0.1) is 0 Å². The van der Waals surface area contributed by atoms with E-state index in [4.69, 9.17) is 14.5 Å². The number of hydrogen-bond acceptors (Lipinski definition) is 5. The number of carbonyl (C=O) groups excluding carboxylic acids is 2. The van der Waals surface area contributed by atoms with E-state index in [0.717, 1.165) is 11.1 Å². The van der Waals surface area contributed by atoms with E-state index in [1.54, 1.807) is 13.0 Å². The lowest BCUT2D eigenvalue weighted by molar-refractivity contribution is 0.0924. The second-order valence-corrected chi connectivity index (χ2v) is 7.68. The summed E-state index contributed by atoms with van der Waals surface area (Å²) in [5, 5.41) is 3.70. The summed E-state index contributed by atoms with van der Waals surface area (Å²) >= 11 is 0. The van der Waals surface area contributed by atoms with Crippen LogP contribution in [0.2, 0.25) is 0 Å². The summed E-state index contributed by atoms with van der Waals surface area (Å²) in [6, 6.07) is 26.2. The van der Waals surface area contributed by atoms with E-state index in [1.165, 1.54) is 0 Å². The number of pyridine rings is 1. The van der Waals surface area contributed by atoms with Crippen LogP contribution in [0.25, 0.3) is 22.2 Å². The van der Waals surface area contributed by atoms with Gasteiger partial charge in [0.1, 0.15) is 5.69 Å². The van der Waals surface area contributed by atoms with Crippen molar-refractivity contribution in [3.05, 3.63) is 96.1 Å². The molecule has 1 N–H and O–H groups in total. The number of ether oxygens (including phenoxy) is 2. The average Bonchev–Trinajstić information content (AvgIpc) is 2.88. The second-order valence-electron chi connectivity index (χ2n) is 7.68. The SMILES string of the molecule is CCOC(=O)Oc1c(-c2ccccc2)nc2ccccc2c1C(=O)NC(CC)c1ccccc1. The Morgan fingerprint density at radius 1 is 0.882 bits per heavy atom. The molecule has 0 bridgehead atoms. The molecule has 34 heavy (non-hydrogen) atoms. The highest BCUT2D eigenvalue weighted by atomic mass is 16.7. The van der Waals surface area contributed by atoms with Crippen LogP contribution in [0.4, 0.5) is 4.79 Å². The van der Waals surface area contributed by atoms with Crippen molar-refractivity contribution in [2.75, 3.05) is 6.61 Å². The third-order valence-corrected chi connectivity index (χ3v) is 5.49. The molecular weight excluding hydrogens is 428 g/mol. The van der Waals surface area contributed by atoms with E-state index in [0.29, 0.717) is 23.0 Å². The molecule has 1 atom stereocenters. The van der Waals surface area contributed by atoms with E-state index in [9.17, 15) is 9.59 Å². The molecule has 4 rings (SSSR count). The fourth-order valence-electron chi connectivity index (χ4n) is 3.88. The Kier molecular flexibility index (Phi) is 7.18. The topological polar surface area (TPSA) is 77.5 Å². The number of fused-ring (bicyclic) bond motifs is 1. The van der Waals surface area contributed by atoms with Gasteiger partial charge in [0.15, 0.2) is 5.75 Å². The number of aromatic nitrogens is 1. The fourth-order valence-corrected chi connectivity index (χ4v) is 3.88. The Hall–Kier alpha value is -4.19. The van der Waals surface area contributed by atoms with Gasteiger partial charge in [0.25, 0.3) is 5.91 Å². The lowest BCUT2D eigenvalue weighted by Gasteiger charge is -2.20. The van der Waals surface area contributed by atoms with Gasteiger partial charge in [0.05, 0.1) is 23.7 Å². The van der Waals surface area contributed by atoms with Gasteiger partial charge >= 0.3 is 6.16 Å². The quantitative estimate of drug-likeness (QED) is 0.331. The van der Waals surface area contributed by atoms with Crippen molar-refractivity contribution in [2.45, 2.75) is 26.3 Å². The van der Waals surface area contributed by atoms with Gasteiger partial charge in [-0.25, -0.2) is 9.78 Å². The van der Waals surface area contributed by atoms with E-state index in [1.807, 2.05) is 85.8 Å². The number of rotatable bonds is 7. The third-order valence-electron chi connectivity index (χ3n) is 5.49. The molecule has 172 valence electrons. The molecule has 0 saturated carbocycles. The van der Waals surface area contributed by atoms with Crippen LogP contribution in [-0.4, -0.2) is 23.7 Å². The van der Waals surface area contributed by atoms with Crippen molar-refractivity contribution in [3.8, 4) is 17.0 Å². The minimum absolute atomic E-state index is 0.0729. The second kappa shape index (κ2) is 10.6.